The monoisotopic (exact) mass is 209 g/mol. The second-order valence-electron chi connectivity index (χ2n) is 3.44. The van der Waals surface area contributed by atoms with Gasteiger partial charge in [-0.3, -0.25) is 4.98 Å². The molecule has 0 atom stereocenters. The van der Waals surface area contributed by atoms with Crippen LogP contribution in [0.4, 0.5) is 5.69 Å². The molecule has 1 heterocycles. The molecule has 2 N–H and O–H groups in total. The van der Waals surface area contributed by atoms with Crippen LogP contribution in [0.5, 0.6) is 0 Å². The number of rotatable bonds is 6. The van der Waals surface area contributed by atoms with Gasteiger partial charge in [0.15, 0.2) is 0 Å². The highest BCUT2D eigenvalue weighted by molar-refractivity contribution is 5.49. The summed E-state index contributed by atoms with van der Waals surface area (Å²) >= 11 is 0. The topological polar surface area (TPSA) is 51.4 Å². The Balaban J connectivity index is 2.59. The van der Waals surface area contributed by atoms with Crippen molar-refractivity contribution in [3.05, 3.63) is 24.0 Å². The number of aromatic nitrogens is 1. The summed E-state index contributed by atoms with van der Waals surface area (Å²) in [6.45, 7) is 2.21. The van der Waals surface area contributed by atoms with E-state index in [4.69, 9.17) is 10.5 Å². The van der Waals surface area contributed by atoms with Crippen molar-refractivity contribution in [1.82, 2.24) is 4.98 Å². The van der Waals surface area contributed by atoms with Crippen LogP contribution in [0.15, 0.2) is 18.3 Å². The van der Waals surface area contributed by atoms with Gasteiger partial charge in [0, 0.05) is 40.1 Å². The van der Waals surface area contributed by atoms with Crippen molar-refractivity contribution in [2.45, 2.75) is 13.0 Å². The normalized spacial score (nSPS) is 10.3. The van der Waals surface area contributed by atoms with Crippen molar-refractivity contribution in [2.75, 3.05) is 32.2 Å². The molecule has 0 spiro atoms. The summed E-state index contributed by atoms with van der Waals surface area (Å²) < 4.78 is 5.02. The zero-order valence-electron chi connectivity index (χ0n) is 9.44. The minimum absolute atomic E-state index is 0.477. The van der Waals surface area contributed by atoms with Crippen molar-refractivity contribution >= 4 is 5.69 Å². The number of anilines is 1. The number of pyridine rings is 1. The van der Waals surface area contributed by atoms with Crippen LogP contribution in [0.25, 0.3) is 0 Å². The zero-order chi connectivity index (χ0) is 11.1. The largest absolute Gasteiger partial charge is 0.385 e. The number of hydrogen-bond donors (Lipinski definition) is 1. The molecule has 1 aromatic heterocycles. The molecule has 0 aromatic carbocycles. The van der Waals surface area contributed by atoms with Gasteiger partial charge in [0.2, 0.25) is 0 Å². The third-order valence-corrected chi connectivity index (χ3v) is 2.31. The minimum atomic E-state index is 0.477. The van der Waals surface area contributed by atoms with Gasteiger partial charge < -0.3 is 15.4 Å². The molecule has 0 amide bonds. The molecule has 0 saturated heterocycles. The van der Waals surface area contributed by atoms with Gasteiger partial charge in [0.25, 0.3) is 0 Å². The molecular formula is C11H19N3O. The quantitative estimate of drug-likeness (QED) is 0.710. The fraction of sp³-hybridized carbons (Fsp3) is 0.545. The fourth-order valence-corrected chi connectivity index (χ4v) is 1.50. The van der Waals surface area contributed by atoms with E-state index >= 15 is 0 Å². The maximum Gasteiger partial charge on any atom is 0.0772 e. The maximum atomic E-state index is 5.63. The van der Waals surface area contributed by atoms with Crippen molar-refractivity contribution in [1.29, 1.82) is 0 Å². The molecule has 1 rings (SSSR count). The van der Waals surface area contributed by atoms with E-state index in [-0.39, 0.29) is 0 Å². The molecule has 0 aliphatic heterocycles. The Morgan fingerprint density at radius 2 is 2.33 bits per heavy atom. The van der Waals surface area contributed by atoms with E-state index < -0.39 is 0 Å². The molecule has 15 heavy (non-hydrogen) atoms. The molecule has 0 saturated carbocycles. The average Bonchev–Trinajstić information content (AvgIpc) is 2.29. The van der Waals surface area contributed by atoms with Gasteiger partial charge in [-0.1, -0.05) is 0 Å². The SMILES string of the molecule is COCCCN(C)c1cccnc1CN. The summed E-state index contributed by atoms with van der Waals surface area (Å²) in [6.07, 6.45) is 2.78. The van der Waals surface area contributed by atoms with Crippen LogP contribution >= 0.6 is 0 Å². The third kappa shape index (κ3) is 3.49. The van der Waals surface area contributed by atoms with Crippen LogP contribution in [-0.2, 0) is 11.3 Å². The lowest BCUT2D eigenvalue weighted by molar-refractivity contribution is 0.196. The van der Waals surface area contributed by atoms with Crippen molar-refractivity contribution in [3.63, 3.8) is 0 Å². The van der Waals surface area contributed by atoms with Gasteiger partial charge in [0.1, 0.15) is 0 Å². The molecule has 1 aromatic rings. The Morgan fingerprint density at radius 1 is 1.53 bits per heavy atom. The van der Waals surface area contributed by atoms with E-state index in [9.17, 15) is 0 Å². The Bertz CT molecular complexity index is 291. The van der Waals surface area contributed by atoms with E-state index in [1.807, 2.05) is 19.2 Å². The number of nitrogens with two attached hydrogens (primary N) is 1. The molecule has 0 aliphatic carbocycles. The second kappa shape index (κ2) is 6.37. The van der Waals surface area contributed by atoms with Crippen LogP contribution in [0.1, 0.15) is 12.1 Å². The molecule has 0 aliphatic rings. The maximum absolute atomic E-state index is 5.63. The standard InChI is InChI=1S/C11H19N3O/c1-14(7-4-8-15-2)11-5-3-6-13-10(11)9-12/h3,5-6H,4,7-9,12H2,1-2H3. The summed E-state index contributed by atoms with van der Waals surface area (Å²) in [7, 11) is 3.77. The van der Waals surface area contributed by atoms with Crippen LogP contribution in [-0.4, -0.2) is 32.3 Å². The molecular weight excluding hydrogens is 190 g/mol. The van der Waals surface area contributed by atoms with Gasteiger partial charge >= 0.3 is 0 Å². The number of methoxy groups -OCH3 is 1. The number of hydrogen-bond acceptors (Lipinski definition) is 4. The summed E-state index contributed by atoms with van der Waals surface area (Å²) in [4.78, 5) is 6.41. The van der Waals surface area contributed by atoms with Crippen molar-refractivity contribution in [2.24, 2.45) is 5.73 Å². The lowest BCUT2D eigenvalue weighted by Gasteiger charge is -2.21. The Labute approximate surface area is 91.1 Å². The Kier molecular flexibility index (Phi) is 5.07. The minimum Gasteiger partial charge on any atom is -0.385 e. The van der Waals surface area contributed by atoms with Crippen LogP contribution < -0.4 is 10.6 Å². The van der Waals surface area contributed by atoms with Gasteiger partial charge in [-0.05, 0) is 18.6 Å². The molecule has 0 unspecified atom stereocenters. The van der Waals surface area contributed by atoms with Gasteiger partial charge in [-0.25, -0.2) is 0 Å². The van der Waals surface area contributed by atoms with Gasteiger partial charge in [-0.15, -0.1) is 0 Å². The van der Waals surface area contributed by atoms with Crippen LogP contribution in [0, 0.1) is 0 Å². The highest BCUT2D eigenvalue weighted by Gasteiger charge is 2.05. The highest BCUT2D eigenvalue weighted by atomic mass is 16.5. The van der Waals surface area contributed by atoms with Crippen molar-refractivity contribution in [3.8, 4) is 0 Å². The summed E-state index contributed by atoms with van der Waals surface area (Å²) in [6, 6.07) is 3.98. The smallest absolute Gasteiger partial charge is 0.0772 e. The van der Waals surface area contributed by atoms with E-state index in [0.29, 0.717) is 6.54 Å². The molecule has 4 nitrogen and oxygen atoms in total. The molecule has 0 fully saturated rings. The van der Waals surface area contributed by atoms with E-state index in [2.05, 4.69) is 9.88 Å². The van der Waals surface area contributed by atoms with Crippen LogP contribution in [0.3, 0.4) is 0 Å². The van der Waals surface area contributed by atoms with Crippen LogP contribution in [0.2, 0.25) is 0 Å². The first-order valence-corrected chi connectivity index (χ1v) is 5.13. The summed E-state index contributed by atoms with van der Waals surface area (Å²) in [5, 5.41) is 0. The number of nitrogens with zero attached hydrogens (tertiary/aromatic N) is 2. The van der Waals surface area contributed by atoms with Crippen molar-refractivity contribution < 1.29 is 4.74 Å². The Hall–Kier alpha value is -1.13. The molecule has 4 heteroatoms. The number of ether oxygens (including phenoxy) is 1. The van der Waals surface area contributed by atoms with Gasteiger partial charge in [-0.2, -0.15) is 0 Å². The molecule has 84 valence electrons. The third-order valence-electron chi connectivity index (χ3n) is 2.31. The second-order valence-corrected chi connectivity index (χ2v) is 3.44. The Morgan fingerprint density at radius 3 is 3.00 bits per heavy atom. The first-order valence-electron chi connectivity index (χ1n) is 5.13. The predicted octanol–water partition coefficient (Wildman–Crippen LogP) is 1.01. The average molecular weight is 209 g/mol. The fourth-order valence-electron chi connectivity index (χ4n) is 1.50. The van der Waals surface area contributed by atoms with E-state index in [1.165, 1.54) is 0 Å². The first-order chi connectivity index (χ1) is 7.29. The predicted molar refractivity (Wildman–Crippen MR) is 61.9 cm³/mol. The van der Waals surface area contributed by atoms with E-state index in [1.54, 1.807) is 13.3 Å². The lowest BCUT2D eigenvalue weighted by atomic mass is 10.2. The summed E-state index contributed by atoms with van der Waals surface area (Å²) in [5.41, 5.74) is 7.68. The zero-order valence-corrected chi connectivity index (χ0v) is 9.44. The lowest BCUT2D eigenvalue weighted by Crippen LogP contribution is -2.22. The van der Waals surface area contributed by atoms with E-state index in [0.717, 1.165) is 31.0 Å². The summed E-state index contributed by atoms with van der Waals surface area (Å²) in [5.74, 6) is 0. The van der Waals surface area contributed by atoms with Gasteiger partial charge in [0.05, 0.1) is 11.4 Å². The highest BCUT2D eigenvalue weighted by Crippen LogP contribution is 2.16. The molecule has 0 bridgehead atoms. The first kappa shape index (κ1) is 11.9. The molecule has 0 radical (unpaired) electrons.